The number of hydrogen-bond donors (Lipinski definition) is 1. The lowest BCUT2D eigenvalue weighted by Crippen LogP contribution is -2.44. The van der Waals surface area contributed by atoms with Gasteiger partial charge in [0.05, 0.1) is 5.92 Å². The quantitative estimate of drug-likeness (QED) is 0.789. The van der Waals surface area contributed by atoms with Crippen molar-refractivity contribution >= 4 is 0 Å². The molecule has 2 fully saturated rings. The number of rotatable bonds is 2. The maximum Gasteiger partial charge on any atom is 0.391 e. The standard InChI is InChI=1S/C11H19F3N2/c12-11(13,14)9-3-6-16(7-4-9)8-10-2-1-5-15-10/h9-10,15H,1-8H2. The summed E-state index contributed by atoms with van der Waals surface area (Å²) >= 11 is 0. The predicted octanol–water partition coefficient (Wildman–Crippen LogP) is 2.01. The van der Waals surface area contributed by atoms with E-state index in [1.165, 1.54) is 12.8 Å². The molecule has 0 aliphatic carbocycles. The van der Waals surface area contributed by atoms with Gasteiger partial charge < -0.3 is 10.2 Å². The molecule has 5 heteroatoms. The van der Waals surface area contributed by atoms with Crippen LogP contribution in [-0.4, -0.2) is 43.3 Å². The van der Waals surface area contributed by atoms with Crippen LogP contribution in [0.2, 0.25) is 0 Å². The molecule has 2 aliphatic heterocycles. The van der Waals surface area contributed by atoms with Crippen LogP contribution in [0.25, 0.3) is 0 Å². The summed E-state index contributed by atoms with van der Waals surface area (Å²) in [4.78, 5) is 2.17. The molecule has 1 unspecified atom stereocenters. The van der Waals surface area contributed by atoms with E-state index in [1.807, 2.05) is 0 Å². The molecule has 2 saturated heterocycles. The van der Waals surface area contributed by atoms with Gasteiger partial charge in [0.25, 0.3) is 0 Å². The minimum Gasteiger partial charge on any atom is -0.313 e. The van der Waals surface area contributed by atoms with E-state index in [2.05, 4.69) is 10.2 Å². The third kappa shape index (κ3) is 3.10. The monoisotopic (exact) mass is 236 g/mol. The van der Waals surface area contributed by atoms with Crippen molar-refractivity contribution in [3.8, 4) is 0 Å². The predicted molar refractivity (Wildman–Crippen MR) is 56.2 cm³/mol. The van der Waals surface area contributed by atoms with Crippen molar-refractivity contribution in [2.45, 2.75) is 37.9 Å². The average Bonchev–Trinajstić information content (AvgIpc) is 2.70. The zero-order valence-electron chi connectivity index (χ0n) is 9.39. The molecule has 2 nitrogen and oxygen atoms in total. The van der Waals surface area contributed by atoms with E-state index in [1.54, 1.807) is 0 Å². The van der Waals surface area contributed by atoms with Gasteiger partial charge in [-0.2, -0.15) is 13.2 Å². The lowest BCUT2D eigenvalue weighted by Gasteiger charge is -2.34. The van der Waals surface area contributed by atoms with E-state index in [0.29, 0.717) is 19.1 Å². The fourth-order valence-electron chi connectivity index (χ4n) is 2.67. The molecule has 1 atom stereocenters. The fraction of sp³-hybridized carbons (Fsp3) is 1.00. The smallest absolute Gasteiger partial charge is 0.313 e. The Morgan fingerprint density at radius 1 is 1.12 bits per heavy atom. The molecule has 0 aromatic carbocycles. The second-order valence-electron chi connectivity index (χ2n) is 4.91. The molecule has 2 heterocycles. The number of nitrogens with one attached hydrogen (secondary N) is 1. The molecule has 0 saturated carbocycles. The Kier molecular flexibility index (Phi) is 3.74. The lowest BCUT2D eigenvalue weighted by atomic mass is 9.96. The minimum absolute atomic E-state index is 0.274. The van der Waals surface area contributed by atoms with Gasteiger partial charge in [-0.25, -0.2) is 0 Å². The van der Waals surface area contributed by atoms with Crippen LogP contribution in [0.1, 0.15) is 25.7 Å². The molecule has 0 aromatic rings. The van der Waals surface area contributed by atoms with Crippen molar-refractivity contribution in [3.05, 3.63) is 0 Å². The van der Waals surface area contributed by atoms with Crippen molar-refractivity contribution < 1.29 is 13.2 Å². The van der Waals surface area contributed by atoms with Crippen LogP contribution in [0.3, 0.4) is 0 Å². The second kappa shape index (κ2) is 4.92. The second-order valence-corrected chi connectivity index (χ2v) is 4.91. The Labute approximate surface area is 94.2 Å². The lowest BCUT2D eigenvalue weighted by molar-refractivity contribution is -0.185. The first-order chi connectivity index (χ1) is 7.55. The number of alkyl halides is 3. The zero-order chi connectivity index (χ0) is 11.6. The van der Waals surface area contributed by atoms with E-state index in [-0.39, 0.29) is 12.8 Å². The molecule has 0 aromatic heterocycles. The molecule has 2 aliphatic rings. The van der Waals surface area contributed by atoms with E-state index >= 15 is 0 Å². The van der Waals surface area contributed by atoms with Gasteiger partial charge in [-0.3, -0.25) is 0 Å². The Morgan fingerprint density at radius 3 is 2.31 bits per heavy atom. The highest BCUT2D eigenvalue weighted by atomic mass is 19.4. The SMILES string of the molecule is FC(F)(F)C1CCN(CC2CCCN2)CC1. The van der Waals surface area contributed by atoms with Crippen LogP contribution in [0, 0.1) is 5.92 Å². The molecule has 0 bridgehead atoms. The summed E-state index contributed by atoms with van der Waals surface area (Å²) in [5.74, 6) is -1.07. The van der Waals surface area contributed by atoms with Crippen molar-refractivity contribution in [1.29, 1.82) is 0 Å². The van der Waals surface area contributed by atoms with Crippen LogP contribution >= 0.6 is 0 Å². The van der Waals surface area contributed by atoms with Gasteiger partial charge in [0.15, 0.2) is 0 Å². The first-order valence-corrected chi connectivity index (χ1v) is 6.08. The van der Waals surface area contributed by atoms with Crippen LogP contribution in [0.15, 0.2) is 0 Å². The van der Waals surface area contributed by atoms with Crippen molar-refractivity contribution in [2.24, 2.45) is 5.92 Å². The molecule has 0 amide bonds. The van der Waals surface area contributed by atoms with Gasteiger partial charge in [-0.05, 0) is 45.3 Å². The van der Waals surface area contributed by atoms with Gasteiger partial charge in [0.2, 0.25) is 0 Å². The number of piperidine rings is 1. The van der Waals surface area contributed by atoms with Gasteiger partial charge in [0, 0.05) is 12.6 Å². The maximum atomic E-state index is 12.4. The minimum atomic E-state index is -3.99. The summed E-state index contributed by atoms with van der Waals surface area (Å²) in [7, 11) is 0. The van der Waals surface area contributed by atoms with E-state index in [9.17, 15) is 13.2 Å². The van der Waals surface area contributed by atoms with Crippen LogP contribution in [0.4, 0.5) is 13.2 Å². The van der Waals surface area contributed by atoms with Crippen LogP contribution < -0.4 is 5.32 Å². The summed E-state index contributed by atoms with van der Waals surface area (Å²) in [6, 6.07) is 0.502. The Balaban J connectivity index is 1.72. The summed E-state index contributed by atoms with van der Waals surface area (Å²) < 4.78 is 37.3. The number of nitrogens with zero attached hydrogens (tertiary/aromatic N) is 1. The summed E-state index contributed by atoms with van der Waals surface area (Å²) in [6.07, 6.45) is -1.08. The third-order valence-corrected chi connectivity index (χ3v) is 3.69. The molecule has 2 rings (SSSR count). The highest BCUT2D eigenvalue weighted by Gasteiger charge is 2.41. The van der Waals surface area contributed by atoms with Gasteiger partial charge in [-0.1, -0.05) is 0 Å². The third-order valence-electron chi connectivity index (χ3n) is 3.69. The van der Waals surface area contributed by atoms with Crippen molar-refractivity contribution in [3.63, 3.8) is 0 Å². The highest BCUT2D eigenvalue weighted by molar-refractivity contribution is 4.82. The largest absolute Gasteiger partial charge is 0.391 e. The first kappa shape index (κ1) is 12.2. The normalized spacial score (nSPS) is 29.8. The van der Waals surface area contributed by atoms with Crippen molar-refractivity contribution in [1.82, 2.24) is 10.2 Å². The molecule has 0 spiro atoms. The van der Waals surface area contributed by atoms with Gasteiger partial charge >= 0.3 is 6.18 Å². The molecular formula is C11H19F3N2. The number of likely N-dealkylation sites (tertiary alicyclic amines) is 1. The van der Waals surface area contributed by atoms with E-state index in [0.717, 1.165) is 13.1 Å². The summed E-state index contributed by atoms with van der Waals surface area (Å²) in [6.45, 7) is 3.18. The zero-order valence-corrected chi connectivity index (χ0v) is 9.39. The summed E-state index contributed by atoms with van der Waals surface area (Å²) in [5, 5.41) is 3.38. The van der Waals surface area contributed by atoms with Crippen molar-refractivity contribution in [2.75, 3.05) is 26.2 Å². The average molecular weight is 236 g/mol. The molecular weight excluding hydrogens is 217 g/mol. The van der Waals surface area contributed by atoms with Crippen LogP contribution in [-0.2, 0) is 0 Å². The molecule has 1 N–H and O–H groups in total. The highest BCUT2D eigenvalue weighted by Crippen LogP contribution is 2.34. The van der Waals surface area contributed by atoms with E-state index in [4.69, 9.17) is 0 Å². The van der Waals surface area contributed by atoms with Crippen LogP contribution in [0.5, 0.6) is 0 Å². The maximum absolute atomic E-state index is 12.4. The van der Waals surface area contributed by atoms with Gasteiger partial charge in [-0.15, -0.1) is 0 Å². The number of halogens is 3. The molecule has 16 heavy (non-hydrogen) atoms. The molecule has 0 radical (unpaired) electrons. The van der Waals surface area contributed by atoms with E-state index < -0.39 is 12.1 Å². The topological polar surface area (TPSA) is 15.3 Å². The van der Waals surface area contributed by atoms with Gasteiger partial charge in [0.1, 0.15) is 0 Å². The first-order valence-electron chi connectivity index (χ1n) is 6.08. The Hall–Kier alpha value is -0.290. The molecule has 94 valence electrons. The Morgan fingerprint density at radius 2 is 1.81 bits per heavy atom. The number of hydrogen-bond acceptors (Lipinski definition) is 2. The fourth-order valence-corrected chi connectivity index (χ4v) is 2.67. The summed E-state index contributed by atoms with van der Waals surface area (Å²) in [5.41, 5.74) is 0. The Bertz CT molecular complexity index is 216.